The van der Waals surface area contributed by atoms with E-state index in [2.05, 4.69) is 5.32 Å². The molecular weight excluding hydrogens is 248 g/mol. The zero-order valence-electron chi connectivity index (χ0n) is 9.63. The summed E-state index contributed by atoms with van der Waals surface area (Å²) in [6, 6.07) is 7.45. The molecule has 0 saturated carbocycles. The van der Waals surface area contributed by atoms with Crippen LogP contribution in [0.4, 0.5) is 8.78 Å². The Morgan fingerprint density at radius 2 is 2.00 bits per heavy atom. The third kappa shape index (κ3) is 4.58. The second kappa shape index (κ2) is 6.89. The van der Waals surface area contributed by atoms with E-state index >= 15 is 0 Å². The molecule has 0 spiro atoms. The van der Waals surface area contributed by atoms with Crippen molar-refractivity contribution in [3.63, 3.8) is 0 Å². The monoisotopic (exact) mass is 263 g/mol. The minimum atomic E-state index is -2.90. The Hall–Kier alpha value is -0.710. The van der Waals surface area contributed by atoms with Gasteiger partial charge in [0.25, 0.3) is 5.92 Å². The van der Waals surface area contributed by atoms with E-state index in [1.165, 1.54) is 19.2 Å². The fourth-order valence-electron chi connectivity index (χ4n) is 1.42. The Morgan fingerprint density at radius 3 is 2.53 bits per heavy atom. The number of ether oxygens (including phenoxy) is 1. The van der Waals surface area contributed by atoms with Crippen molar-refractivity contribution >= 4 is 11.6 Å². The lowest BCUT2D eigenvalue weighted by molar-refractivity contribution is -0.00741. The SMILES string of the molecule is COCC(CCl)NCC(F)(F)c1ccccc1. The van der Waals surface area contributed by atoms with Gasteiger partial charge in [0.2, 0.25) is 0 Å². The van der Waals surface area contributed by atoms with Gasteiger partial charge in [0.05, 0.1) is 13.2 Å². The third-order valence-corrected chi connectivity index (χ3v) is 2.74. The van der Waals surface area contributed by atoms with Gasteiger partial charge >= 0.3 is 0 Å². The number of methoxy groups -OCH3 is 1. The standard InChI is InChI=1S/C12H16ClF2NO/c1-17-8-11(7-13)16-9-12(14,15)10-5-3-2-4-6-10/h2-6,11,16H,7-9H2,1H3. The number of alkyl halides is 3. The Morgan fingerprint density at radius 1 is 1.35 bits per heavy atom. The predicted octanol–water partition coefficient (Wildman–Crippen LogP) is 2.62. The second-order valence-electron chi connectivity index (χ2n) is 3.76. The van der Waals surface area contributed by atoms with Crippen LogP contribution in [0.1, 0.15) is 5.56 Å². The molecular formula is C12H16ClF2NO. The molecule has 0 fully saturated rings. The van der Waals surface area contributed by atoms with Gasteiger partial charge in [-0.2, -0.15) is 8.78 Å². The minimum absolute atomic E-state index is 0.00163. The van der Waals surface area contributed by atoms with Gasteiger partial charge in [-0.3, -0.25) is 0 Å². The van der Waals surface area contributed by atoms with Crippen molar-refractivity contribution in [2.24, 2.45) is 0 Å². The zero-order chi connectivity index (χ0) is 12.7. The van der Waals surface area contributed by atoms with E-state index in [1.54, 1.807) is 18.2 Å². The molecule has 0 aliphatic carbocycles. The lowest BCUT2D eigenvalue weighted by atomic mass is 10.1. The molecule has 0 aliphatic heterocycles. The number of rotatable bonds is 7. The van der Waals surface area contributed by atoms with Gasteiger partial charge in [-0.1, -0.05) is 30.3 Å². The van der Waals surface area contributed by atoms with Crippen LogP contribution in [-0.4, -0.2) is 32.2 Å². The summed E-state index contributed by atoms with van der Waals surface area (Å²) in [5.41, 5.74) is -0.00163. The molecule has 1 atom stereocenters. The van der Waals surface area contributed by atoms with Gasteiger partial charge in [0.15, 0.2) is 0 Å². The summed E-state index contributed by atoms with van der Waals surface area (Å²) in [6.07, 6.45) is 0. The molecule has 0 saturated heterocycles. The zero-order valence-corrected chi connectivity index (χ0v) is 10.4. The van der Waals surface area contributed by atoms with E-state index in [0.29, 0.717) is 6.61 Å². The van der Waals surface area contributed by atoms with Crippen molar-refractivity contribution in [3.8, 4) is 0 Å². The summed E-state index contributed by atoms with van der Waals surface area (Å²) in [5.74, 6) is -2.67. The average molecular weight is 264 g/mol. The van der Waals surface area contributed by atoms with E-state index in [4.69, 9.17) is 16.3 Å². The normalized spacial score (nSPS) is 13.6. The van der Waals surface area contributed by atoms with Crippen LogP contribution in [0.2, 0.25) is 0 Å². The lowest BCUT2D eigenvalue weighted by Gasteiger charge is -2.21. The highest BCUT2D eigenvalue weighted by Crippen LogP contribution is 2.26. The average Bonchev–Trinajstić information content (AvgIpc) is 2.35. The molecule has 0 aromatic heterocycles. The van der Waals surface area contributed by atoms with Crippen molar-refractivity contribution in [1.82, 2.24) is 5.32 Å². The Bertz CT molecular complexity index is 322. The Balaban J connectivity index is 2.55. The number of nitrogens with one attached hydrogen (secondary N) is 1. The summed E-state index contributed by atoms with van der Waals surface area (Å²) in [7, 11) is 1.51. The third-order valence-electron chi connectivity index (χ3n) is 2.36. The maximum atomic E-state index is 13.7. The van der Waals surface area contributed by atoms with Crippen molar-refractivity contribution in [1.29, 1.82) is 0 Å². The first-order chi connectivity index (χ1) is 8.10. The fraction of sp³-hybridized carbons (Fsp3) is 0.500. The van der Waals surface area contributed by atoms with Gasteiger partial charge in [0.1, 0.15) is 0 Å². The van der Waals surface area contributed by atoms with Crippen LogP contribution in [0.25, 0.3) is 0 Å². The van der Waals surface area contributed by atoms with E-state index in [9.17, 15) is 8.78 Å². The van der Waals surface area contributed by atoms with Gasteiger partial charge in [0, 0.05) is 24.6 Å². The van der Waals surface area contributed by atoms with E-state index in [0.717, 1.165) is 0 Å². The van der Waals surface area contributed by atoms with Crippen molar-refractivity contribution in [2.45, 2.75) is 12.0 Å². The van der Waals surface area contributed by atoms with Gasteiger partial charge in [-0.25, -0.2) is 0 Å². The first-order valence-electron chi connectivity index (χ1n) is 5.32. The van der Waals surface area contributed by atoms with Crippen LogP contribution in [-0.2, 0) is 10.7 Å². The largest absolute Gasteiger partial charge is 0.383 e. The van der Waals surface area contributed by atoms with Gasteiger partial charge in [-0.05, 0) is 0 Å². The summed E-state index contributed by atoms with van der Waals surface area (Å²) in [5, 5.41) is 2.70. The number of hydrogen-bond acceptors (Lipinski definition) is 2. The topological polar surface area (TPSA) is 21.3 Å². The Kier molecular flexibility index (Phi) is 5.82. The van der Waals surface area contributed by atoms with Crippen LogP contribution >= 0.6 is 11.6 Å². The highest BCUT2D eigenvalue weighted by atomic mass is 35.5. The molecule has 2 nitrogen and oxygen atoms in total. The molecule has 0 heterocycles. The highest BCUT2D eigenvalue weighted by molar-refractivity contribution is 6.18. The molecule has 0 amide bonds. The molecule has 0 aliphatic rings. The molecule has 1 aromatic carbocycles. The van der Waals surface area contributed by atoms with Crippen LogP contribution < -0.4 is 5.32 Å². The van der Waals surface area contributed by atoms with Crippen molar-refractivity contribution < 1.29 is 13.5 Å². The van der Waals surface area contributed by atoms with Crippen molar-refractivity contribution in [3.05, 3.63) is 35.9 Å². The fourth-order valence-corrected chi connectivity index (χ4v) is 1.61. The van der Waals surface area contributed by atoms with Crippen LogP contribution in [0, 0.1) is 0 Å². The van der Waals surface area contributed by atoms with Crippen molar-refractivity contribution in [2.75, 3.05) is 26.1 Å². The number of benzene rings is 1. The quantitative estimate of drug-likeness (QED) is 0.764. The minimum Gasteiger partial charge on any atom is -0.383 e. The smallest absolute Gasteiger partial charge is 0.285 e. The van der Waals surface area contributed by atoms with Crippen LogP contribution in [0.3, 0.4) is 0 Å². The van der Waals surface area contributed by atoms with E-state index in [-0.39, 0.29) is 17.5 Å². The highest BCUT2D eigenvalue weighted by Gasteiger charge is 2.31. The van der Waals surface area contributed by atoms with Crippen LogP contribution in [0.15, 0.2) is 30.3 Å². The first-order valence-corrected chi connectivity index (χ1v) is 5.85. The molecule has 1 unspecified atom stereocenters. The predicted molar refractivity (Wildman–Crippen MR) is 64.7 cm³/mol. The number of halogens is 3. The summed E-state index contributed by atoms with van der Waals surface area (Å²) < 4.78 is 32.4. The molecule has 17 heavy (non-hydrogen) atoms. The van der Waals surface area contributed by atoms with Gasteiger partial charge < -0.3 is 10.1 Å². The molecule has 96 valence electrons. The summed E-state index contributed by atoms with van der Waals surface area (Å²) in [4.78, 5) is 0. The molecule has 0 bridgehead atoms. The van der Waals surface area contributed by atoms with E-state index in [1.807, 2.05) is 0 Å². The lowest BCUT2D eigenvalue weighted by Crippen LogP contribution is -2.41. The summed E-state index contributed by atoms with van der Waals surface area (Å²) >= 11 is 5.63. The maximum absolute atomic E-state index is 13.7. The van der Waals surface area contributed by atoms with Crippen LogP contribution in [0.5, 0.6) is 0 Å². The Labute approximate surface area is 105 Å². The molecule has 5 heteroatoms. The van der Waals surface area contributed by atoms with E-state index < -0.39 is 12.5 Å². The molecule has 1 N–H and O–H groups in total. The maximum Gasteiger partial charge on any atom is 0.285 e. The number of hydrogen-bond donors (Lipinski definition) is 1. The van der Waals surface area contributed by atoms with Gasteiger partial charge in [-0.15, -0.1) is 11.6 Å². The molecule has 1 aromatic rings. The first kappa shape index (κ1) is 14.4. The second-order valence-corrected chi connectivity index (χ2v) is 4.07. The molecule has 1 rings (SSSR count). The molecule has 0 radical (unpaired) electrons. The summed E-state index contributed by atoms with van der Waals surface area (Å²) in [6.45, 7) is -0.133.